The summed E-state index contributed by atoms with van der Waals surface area (Å²) in [6.07, 6.45) is 7.80. The Hall–Kier alpha value is -1.79. The zero-order valence-corrected chi connectivity index (χ0v) is 16.2. The predicted molar refractivity (Wildman–Crippen MR) is 107 cm³/mol. The minimum Gasteiger partial charge on any atom is -0.307 e. The minimum absolute atomic E-state index is 0.190. The maximum Gasteiger partial charge on any atom is 0.146 e. The van der Waals surface area contributed by atoms with Crippen LogP contribution in [-0.4, -0.2) is 10.5 Å². The Balaban J connectivity index is 2.29. The molecule has 25 heavy (non-hydrogen) atoms. The average molecular weight is 338 g/mol. The summed E-state index contributed by atoms with van der Waals surface area (Å²) in [6, 6.07) is 8.58. The van der Waals surface area contributed by atoms with Gasteiger partial charge in [-0.25, -0.2) is 4.79 Å². The van der Waals surface area contributed by atoms with Gasteiger partial charge in [-0.05, 0) is 36.3 Å². The molecule has 0 saturated carbocycles. The van der Waals surface area contributed by atoms with E-state index in [1.807, 2.05) is 0 Å². The number of aromatic nitrogens is 1. The highest BCUT2D eigenvalue weighted by Crippen LogP contribution is 2.54. The van der Waals surface area contributed by atoms with Crippen molar-refractivity contribution >= 4 is 22.5 Å². The molecule has 1 aliphatic heterocycles. The van der Waals surface area contributed by atoms with E-state index in [-0.39, 0.29) is 5.41 Å². The third kappa shape index (κ3) is 2.77. The van der Waals surface area contributed by atoms with Crippen molar-refractivity contribution in [2.75, 3.05) is 0 Å². The molecule has 2 aromatic rings. The van der Waals surface area contributed by atoms with Gasteiger partial charge in [0.1, 0.15) is 11.6 Å². The number of hydrogen-bond donors (Lipinski definition) is 0. The molecule has 2 heterocycles. The molecule has 0 spiro atoms. The fraction of sp³-hybridized carbons (Fsp3) is 0.565. The van der Waals surface area contributed by atoms with Crippen LogP contribution in [0.4, 0.5) is 0 Å². The molecule has 134 valence electrons. The average Bonchev–Trinajstić information content (AvgIpc) is 2.97. The maximum atomic E-state index is 11.9. The van der Waals surface area contributed by atoms with E-state index < -0.39 is 0 Å². The summed E-state index contributed by atoms with van der Waals surface area (Å²) in [5, 5.41) is 1.32. The lowest BCUT2D eigenvalue weighted by Gasteiger charge is -2.44. The molecule has 0 saturated heterocycles. The van der Waals surface area contributed by atoms with Crippen molar-refractivity contribution in [2.45, 2.75) is 78.6 Å². The second-order valence-electron chi connectivity index (χ2n) is 7.73. The highest BCUT2D eigenvalue weighted by Gasteiger charge is 2.43. The van der Waals surface area contributed by atoms with E-state index in [0.29, 0.717) is 5.92 Å². The Morgan fingerprint density at radius 1 is 1.20 bits per heavy atom. The first-order chi connectivity index (χ1) is 12.1. The summed E-state index contributed by atoms with van der Waals surface area (Å²) in [5.41, 5.74) is 5.05. The first-order valence-electron chi connectivity index (χ1n) is 10.00. The molecular weight excluding hydrogens is 306 g/mol. The SMILES string of the molecule is CCCC[C@@]1(CC)CC(=C=O)n2c(c(CCC)c3ccccc32)[C@H]1C. The van der Waals surface area contributed by atoms with E-state index in [1.54, 1.807) is 0 Å². The van der Waals surface area contributed by atoms with Crippen molar-refractivity contribution in [3.8, 4) is 0 Å². The van der Waals surface area contributed by atoms with Crippen molar-refractivity contribution in [2.24, 2.45) is 5.41 Å². The smallest absolute Gasteiger partial charge is 0.146 e. The van der Waals surface area contributed by atoms with Gasteiger partial charge in [0.05, 0.1) is 5.52 Å². The zero-order chi connectivity index (χ0) is 18.0. The molecule has 0 fully saturated rings. The summed E-state index contributed by atoms with van der Waals surface area (Å²) in [7, 11) is 0. The summed E-state index contributed by atoms with van der Waals surface area (Å²) in [4.78, 5) is 11.9. The topological polar surface area (TPSA) is 22.0 Å². The summed E-state index contributed by atoms with van der Waals surface area (Å²) in [6.45, 7) is 9.19. The van der Waals surface area contributed by atoms with Gasteiger partial charge in [0.15, 0.2) is 0 Å². The molecular formula is C23H31NO. The van der Waals surface area contributed by atoms with E-state index >= 15 is 0 Å². The molecule has 1 aliphatic rings. The van der Waals surface area contributed by atoms with Crippen molar-refractivity contribution in [3.63, 3.8) is 0 Å². The van der Waals surface area contributed by atoms with Crippen LogP contribution in [-0.2, 0) is 11.2 Å². The van der Waals surface area contributed by atoms with Gasteiger partial charge in [-0.2, -0.15) is 0 Å². The Morgan fingerprint density at radius 2 is 1.96 bits per heavy atom. The number of allylic oxidation sites excluding steroid dienone is 1. The van der Waals surface area contributed by atoms with Gasteiger partial charge in [0.2, 0.25) is 0 Å². The second kappa shape index (κ2) is 7.22. The summed E-state index contributed by atoms with van der Waals surface area (Å²) in [5.74, 6) is 2.79. The fourth-order valence-electron chi connectivity index (χ4n) is 4.96. The first-order valence-corrected chi connectivity index (χ1v) is 10.00. The van der Waals surface area contributed by atoms with Crippen LogP contribution in [0.3, 0.4) is 0 Å². The van der Waals surface area contributed by atoms with Crippen LogP contribution in [0.5, 0.6) is 0 Å². The molecule has 1 aromatic carbocycles. The number of unbranched alkanes of at least 4 members (excludes halogenated alkanes) is 1. The van der Waals surface area contributed by atoms with Gasteiger partial charge in [0.25, 0.3) is 0 Å². The molecule has 0 unspecified atom stereocenters. The molecule has 2 atom stereocenters. The molecule has 0 amide bonds. The normalized spacial score (nSPS) is 22.9. The van der Waals surface area contributed by atoms with E-state index in [9.17, 15) is 4.79 Å². The van der Waals surface area contributed by atoms with Crippen LogP contribution in [0.25, 0.3) is 16.6 Å². The third-order valence-electron chi connectivity index (χ3n) is 6.49. The van der Waals surface area contributed by atoms with Crippen molar-refractivity contribution < 1.29 is 4.79 Å². The fourth-order valence-corrected chi connectivity index (χ4v) is 4.96. The molecule has 2 heteroatoms. The standard InChI is InChI=1S/C23H31NO/c1-5-8-14-23(7-3)15-18(16-25)24-21-13-10-9-12-19(21)20(11-6-2)22(24)17(23)4/h9-10,12-13,17H,5-8,11,14-15H2,1-4H3/t17-,23+/m1/s1. The largest absolute Gasteiger partial charge is 0.307 e. The third-order valence-corrected chi connectivity index (χ3v) is 6.49. The molecule has 1 aromatic heterocycles. The number of nitrogens with zero attached hydrogens (tertiary/aromatic N) is 1. The molecule has 0 aliphatic carbocycles. The summed E-state index contributed by atoms with van der Waals surface area (Å²) >= 11 is 0. The van der Waals surface area contributed by atoms with Gasteiger partial charge in [-0.3, -0.25) is 0 Å². The Labute approximate surface area is 151 Å². The van der Waals surface area contributed by atoms with Crippen LogP contribution in [0.15, 0.2) is 24.3 Å². The van der Waals surface area contributed by atoms with Gasteiger partial charge in [0, 0.05) is 23.4 Å². The number of aryl methyl sites for hydroxylation is 1. The lowest BCUT2D eigenvalue weighted by molar-refractivity contribution is 0.185. The lowest BCUT2D eigenvalue weighted by atomic mass is 9.64. The lowest BCUT2D eigenvalue weighted by Crippen LogP contribution is -2.34. The number of fused-ring (bicyclic) bond motifs is 3. The number of rotatable bonds is 6. The predicted octanol–water partition coefficient (Wildman–Crippen LogP) is 6.36. The van der Waals surface area contributed by atoms with E-state index in [2.05, 4.69) is 62.5 Å². The monoisotopic (exact) mass is 337 g/mol. The van der Waals surface area contributed by atoms with Gasteiger partial charge in [-0.1, -0.05) is 65.2 Å². The van der Waals surface area contributed by atoms with Gasteiger partial charge >= 0.3 is 0 Å². The molecule has 2 nitrogen and oxygen atoms in total. The Bertz CT molecular complexity index is 809. The maximum absolute atomic E-state index is 11.9. The molecule has 0 radical (unpaired) electrons. The number of carbonyl (C=O) groups excluding carboxylic acids is 1. The minimum atomic E-state index is 0.190. The van der Waals surface area contributed by atoms with Crippen LogP contribution in [0.1, 0.15) is 83.4 Å². The van der Waals surface area contributed by atoms with E-state index in [4.69, 9.17) is 0 Å². The van der Waals surface area contributed by atoms with Crippen LogP contribution >= 0.6 is 0 Å². The Kier molecular flexibility index (Phi) is 5.20. The number of para-hydroxylation sites is 1. The number of hydrogen-bond acceptors (Lipinski definition) is 1. The second-order valence-corrected chi connectivity index (χ2v) is 7.73. The number of benzene rings is 1. The highest BCUT2D eigenvalue weighted by molar-refractivity contribution is 5.93. The van der Waals surface area contributed by atoms with Crippen LogP contribution in [0.2, 0.25) is 0 Å². The summed E-state index contributed by atoms with van der Waals surface area (Å²) < 4.78 is 2.25. The zero-order valence-electron chi connectivity index (χ0n) is 16.2. The highest BCUT2D eigenvalue weighted by atomic mass is 16.1. The van der Waals surface area contributed by atoms with Gasteiger partial charge < -0.3 is 4.57 Å². The van der Waals surface area contributed by atoms with Crippen molar-refractivity contribution in [3.05, 3.63) is 35.5 Å². The van der Waals surface area contributed by atoms with Gasteiger partial charge in [-0.15, -0.1) is 0 Å². The van der Waals surface area contributed by atoms with Crippen molar-refractivity contribution in [1.29, 1.82) is 0 Å². The Morgan fingerprint density at radius 3 is 2.60 bits per heavy atom. The van der Waals surface area contributed by atoms with E-state index in [1.165, 1.54) is 41.4 Å². The first kappa shape index (κ1) is 18.0. The molecule has 0 N–H and O–H groups in total. The quantitative estimate of drug-likeness (QED) is 0.562. The van der Waals surface area contributed by atoms with E-state index in [0.717, 1.165) is 31.4 Å². The van der Waals surface area contributed by atoms with Crippen LogP contribution < -0.4 is 0 Å². The van der Waals surface area contributed by atoms with Crippen molar-refractivity contribution in [1.82, 2.24) is 4.57 Å². The van der Waals surface area contributed by atoms with Crippen LogP contribution in [0, 0.1) is 5.41 Å². The molecule has 0 bridgehead atoms. The molecule has 3 rings (SSSR count).